The Morgan fingerprint density at radius 2 is 1.97 bits per heavy atom. The van der Waals surface area contributed by atoms with Crippen LogP contribution in [0.4, 0.5) is 0 Å². The van der Waals surface area contributed by atoms with E-state index in [4.69, 9.17) is 16.3 Å². The summed E-state index contributed by atoms with van der Waals surface area (Å²) < 4.78 is 5.77. The Morgan fingerprint density at radius 1 is 1.17 bits per heavy atom. The van der Waals surface area contributed by atoms with Crippen molar-refractivity contribution < 1.29 is 9.53 Å². The van der Waals surface area contributed by atoms with Crippen molar-refractivity contribution in [3.8, 4) is 5.75 Å². The van der Waals surface area contributed by atoms with E-state index >= 15 is 0 Å². The molecule has 4 rings (SSSR count). The van der Waals surface area contributed by atoms with Crippen molar-refractivity contribution in [1.82, 2.24) is 5.32 Å². The van der Waals surface area contributed by atoms with Gasteiger partial charge in [-0.2, -0.15) is 0 Å². The number of carbonyl (C=O) groups excluding carboxylic acids is 1. The quantitative estimate of drug-likeness (QED) is 0.254. The van der Waals surface area contributed by atoms with Gasteiger partial charge in [-0.25, -0.2) is 0 Å². The molecule has 1 aliphatic rings. The van der Waals surface area contributed by atoms with Crippen LogP contribution >= 0.6 is 23.4 Å². The fourth-order valence-electron chi connectivity index (χ4n) is 3.19. The standard InChI is InChI=1S/C25H20ClNO2S/c1-3-16(2)25(28)21-12-11-18(13-22(21)26)29-14-24-27-23(15-30-24)20-10-6-8-17-7-4-5-9-19(17)20/h4-15,27H,2-3H2,1H3. The highest BCUT2D eigenvalue weighted by Gasteiger charge is 2.16. The second kappa shape index (κ2) is 8.82. The van der Waals surface area contributed by atoms with Gasteiger partial charge in [-0.1, -0.05) is 79.3 Å². The molecule has 0 radical (unpaired) electrons. The van der Waals surface area contributed by atoms with Crippen molar-refractivity contribution in [2.45, 2.75) is 13.3 Å². The number of halogens is 1. The van der Waals surface area contributed by atoms with Crippen LogP contribution in [0.5, 0.6) is 5.75 Å². The Morgan fingerprint density at radius 3 is 2.77 bits per heavy atom. The Balaban J connectivity index is 1.47. The van der Waals surface area contributed by atoms with Crippen LogP contribution in [0.1, 0.15) is 29.3 Å². The summed E-state index contributed by atoms with van der Waals surface area (Å²) >= 11 is 7.84. The minimum absolute atomic E-state index is 0.135. The highest BCUT2D eigenvalue weighted by molar-refractivity contribution is 8.06. The molecule has 0 aliphatic carbocycles. The third kappa shape index (κ3) is 4.16. The molecule has 30 heavy (non-hydrogen) atoms. The second-order valence-corrected chi connectivity index (χ2v) is 8.15. The third-order valence-electron chi connectivity index (χ3n) is 4.88. The molecule has 0 spiro atoms. The molecule has 0 saturated carbocycles. The average Bonchev–Trinajstić information content (AvgIpc) is 3.25. The molecule has 0 bridgehead atoms. The lowest BCUT2D eigenvalue weighted by Gasteiger charge is -2.10. The van der Waals surface area contributed by atoms with Crippen LogP contribution in [-0.2, 0) is 0 Å². The lowest BCUT2D eigenvalue weighted by molar-refractivity contribution is 0.103. The van der Waals surface area contributed by atoms with Crippen molar-refractivity contribution >= 4 is 45.6 Å². The lowest BCUT2D eigenvalue weighted by Crippen LogP contribution is -2.06. The summed E-state index contributed by atoms with van der Waals surface area (Å²) in [6, 6.07) is 19.6. The van der Waals surface area contributed by atoms with E-state index in [1.807, 2.05) is 19.1 Å². The number of ketones is 1. The maximum absolute atomic E-state index is 12.3. The van der Waals surface area contributed by atoms with Gasteiger partial charge in [-0.3, -0.25) is 4.79 Å². The topological polar surface area (TPSA) is 38.3 Å². The molecule has 0 unspecified atom stereocenters. The van der Waals surface area contributed by atoms with Gasteiger partial charge in [0.05, 0.1) is 10.7 Å². The van der Waals surface area contributed by atoms with Gasteiger partial charge < -0.3 is 10.1 Å². The summed E-state index contributed by atoms with van der Waals surface area (Å²) in [5.74, 6) is 0.427. The summed E-state index contributed by atoms with van der Waals surface area (Å²) in [6.45, 7) is 5.68. The zero-order valence-corrected chi connectivity index (χ0v) is 18.0. The van der Waals surface area contributed by atoms with Gasteiger partial charge in [-0.05, 0) is 34.9 Å². The van der Waals surface area contributed by atoms with Gasteiger partial charge in [0, 0.05) is 22.6 Å². The third-order valence-corrected chi connectivity index (χ3v) is 6.00. The first-order chi connectivity index (χ1) is 14.6. The van der Waals surface area contributed by atoms with E-state index in [9.17, 15) is 4.79 Å². The number of carbonyl (C=O) groups is 1. The summed E-state index contributed by atoms with van der Waals surface area (Å²) in [6.07, 6.45) is 2.24. The molecule has 3 aromatic carbocycles. The molecule has 0 amide bonds. The largest absolute Gasteiger partial charge is 0.462 e. The SMILES string of the molecule is C=C(CC)C(=O)c1ccc(OC=C2NC(c3cccc4ccccc34)=CS2)cc1Cl. The summed E-state index contributed by atoms with van der Waals surface area (Å²) in [5, 5.41) is 9.09. The monoisotopic (exact) mass is 433 g/mol. The molecule has 0 fully saturated rings. The number of hydrogen-bond acceptors (Lipinski definition) is 4. The van der Waals surface area contributed by atoms with E-state index in [2.05, 4.69) is 47.6 Å². The van der Waals surface area contributed by atoms with Crippen molar-refractivity contribution in [3.63, 3.8) is 0 Å². The molecule has 3 aromatic rings. The number of fused-ring (bicyclic) bond motifs is 1. The van der Waals surface area contributed by atoms with Gasteiger partial charge >= 0.3 is 0 Å². The van der Waals surface area contributed by atoms with Crippen LogP contribution in [0.15, 0.2) is 89.5 Å². The molecular formula is C25H20ClNO2S. The van der Waals surface area contributed by atoms with E-state index < -0.39 is 0 Å². The molecule has 1 heterocycles. The van der Waals surface area contributed by atoms with Crippen LogP contribution in [0.25, 0.3) is 16.5 Å². The van der Waals surface area contributed by atoms with E-state index in [0.717, 1.165) is 16.3 Å². The fraction of sp³-hybridized carbons (Fsp3) is 0.0800. The molecule has 5 heteroatoms. The lowest BCUT2D eigenvalue weighted by atomic mass is 10.0. The Bertz CT molecular complexity index is 1210. The van der Waals surface area contributed by atoms with Crippen molar-refractivity contribution in [2.24, 2.45) is 0 Å². The van der Waals surface area contributed by atoms with Crippen molar-refractivity contribution in [2.75, 3.05) is 0 Å². The highest BCUT2D eigenvalue weighted by Crippen LogP contribution is 2.34. The molecule has 150 valence electrons. The number of hydrogen-bond donors (Lipinski definition) is 1. The molecular weight excluding hydrogens is 414 g/mol. The summed E-state index contributed by atoms with van der Waals surface area (Å²) in [7, 11) is 0. The van der Waals surface area contributed by atoms with Gasteiger partial charge in [0.2, 0.25) is 0 Å². The van der Waals surface area contributed by atoms with E-state index in [1.54, 1.807) is 36.2 Å². The first-order valence-electron chi connectivity index (χ1n) is 9.57. The number of nitrogens with one attached hydrogen (secondary N) is 1. The van der Waals surface area contributed by atoms with Crippen LogP contribution in [-0.4, -0.2) is 5.78 Å². The number of benzene rings is 3. The second-order valence-electron chi connectivity index (χ2n) is 6.83. The van der Waals surface area contributed by atoms with E-state index in [-0.39, 0.29) is 5.78 Å². The zero-order chi connectivity index (χ0) is 21.1. The predicted molar refractivity (Wildman–Crippen MR) is 127 cm³/mol. The predicted octanol–water partition coefficient (Wildman–Crippen LogP) is 7.15. The van der Waals surface area contributed by atoms with E-state index in [0.29, 0.717) is 28.3 Å². The van der Waals surface area contributed by atoms with Crippen LogP contribution in [0.2, 0.25) is 5.02 Å². The summed E-state index contributed by atoms with van der Waals surface area (Å²) in [5.41, 5.74) is 3.15. The normalized spacial score (nSPS) is 14.5. The summed E-state index contributed by atoms with van der Waals surface area (Å²) in [4.78, 5) is 12.3. The number of thioether (sulfide) groups is 1. The minimum Gasteiger partial charge on any atom is -0.462 e. The Labute approximate surface area is 185 Å². The fourth-order valence-corrected chi connectivity index (χ4v) is 4.15. The molecule has 0 saturated heterocycles. The molecule has 0 atom stereocenters. The number of allylic oxidation sites excluding steroid dienone is 1. The Kier molecular flexibility index (Phi) is 5.98. The number of ether oxygens (including phenoxy) is 1. The maximum atomic E-state index is 12.3. The zero-order valence-electron chi connectivity index (χ0n) is 16.4. The van der Waals surface area contributed by atoms with Crippen LogP contribution < -0.4 is 10.1 Å². The average molecular weight is 434 g/mol. The smallest absolute Gasteiger partial charge is 0.189 e. The van der Waals surface area contributed by atoms with Crippen molar-refractivity contribution in [3.05, 3.63) is 106 Å². The minimum atomic E-state index is -0.135. The van der Waals surface area contributed by atoms with Gasteiger partial charge in [-0.15, -0.1) is 0 Å². The van der Waals surface area contributed by atoms with Crippen molar-refractivity contribution in [1.29, 1.82) is 0 Å². The number of Topliss-reactive ketones (excluding diaryl/α,β-unsaturated/α-hetero) is 1. The van der Waals surface area contributed by atoms with Crippen LogP contribution in [0, 0.1) is 0 Å². The van der Waals surface area contributed by atoms with E-state index in [1.165, 1.54) is 10.8 Å². The maximum Gasteiger partial charge on any atom is 0.189 e. The Hall–Kier alpha value is -2.95. The van der Waals surface area contributed by atoms with Gasteiger partial charge in [0.15, 0.2) is 5.78 Å². The van der Waals surface area contributed by atoms with Gasteiger partial charge in [0.25, 0.3) is 0 Å². The molecule has 1 aliphatic heterocycles. The van der Waals surface area contributed by atoms with Crippen LogP contribution in [0.3, 0.4) is 0 Å². The first kappa shape index (κ1) is 20.3. The molecule has 3 nitrogen and oxygen atoms in total. The molecule has 0 aromatic heterocycles. The highest BCUT2D eigenvalue weighted by atomic mass is 35.5. The van der Waals surface area contributed by atoms with Gasteiger partial charge in [0.1, 0.15) is 17.0 Å². The first-order valence-corrected chi connectivity index (χ1v) is 10.8. The molecule has 1 N–H and O–H groups in total. The number of rotatable bonds is 6.